The van der Waals surface area contributed by atoms with E-state index in [1.54, 1.807) is 0 Å². The minimum absolute atomic E-state index is 0.0115. The predicted octanol–water partition coefficient (Wildman–Crippen LogP) is 5.14. The standard InChI is InChI=1S/C19H26BrNO/c1-21(2)13-7-8-17-16-14-15(20)9-10-18(16)22-19(17)11-5-3-4-6-12-19/h7-10,14,17H,3-6,11-13H2,1-2H3. The average molecular weight is 364 g/mol. The van der Waals surface area contributed by atoms with E-state index in [9.17, 15) is 0 Å². The molecule has 0 saturated heterocycles. The van der Waals surface area contributed by atoms with E-state index in [4.69, 9.17) is 4.74 Å². The number of likely N-dealkylation sites (N-methyl/N-ethyl adjacent to an activating group) is 1. The van der Waals surface area contributed by atoms with Crippen LogP contribution in [-0.2, 0) is 0 Å². The monoisotopic (exact) mass is 363 g/mol. The molecule has 3 rings (SSSR count). The van der Waals surface area contributed by atoms with Crippen molar-refractivity contribution in [3.05, 3.63) is 40.4 Å². The van der Waals surface area contributed by atoms with Gasteiger partial charge in [0.15, 0.2) is 0 Å². The second-order valence-corrected chi connectivity index (χ2v) is 7.85. The third-order valence-corrected chi connectivity index (χ3v) is 5.43. The number of hydrogen-bond donors (Lipinski definition) is 0. The molecule has 0 aromatic heterocycles. The molecule has 120 valence electrons. The van der Waals surface area contributed by atoms with Crippen LogP contribution in [0.15, 0.2) is 34.8 Å². The highest BCUT2D eigenvalue weighted by molar-refractivity contribution is 9.10. The Bertz CT molecular complexity index is 544. The fraction of sp³-hybridized carbons (Fsp3) is 0.579. The molecule has 0 N–H and O–H groups in total. The number of rotatable bonds is 3. The summed E-state index contributed by atoms with van der Waals surface area (Å²) >= 11 is 3.62. The van der Waals surface area contributed by atoms with Gasteiger partial charge in [0.05, 0.1) is 0 Å². The molecular weight excluding hydrogens is 338 g/mol. The number of ether oxygens (including phenoxy) is 1. The third kappa shape index (κ3) is 3.26. The van der Waals surface area contributed by atoms with Crippen LogP contribution in [0.5, 0.6) is 5.75 Å². The van der Waals surface area contributed by atoms with Crippen molar-refractivity contribution >= 4 is 15.9 Å². The maximum absolute atomic E-state index is 6.55. The first-order valence-electron chi connectivity index (χ1n) is 8.41. The topological polar surface area (TPSA) is 12.5 Å². The van der Waals surface area contributed by atoms with E-state index >= 15 is 0 Å². The molecule has 1 atom stereocenters. The van der Waals surface area contributed by atoms with Crippen LogP contribution < -0.4 is 4.74 Å². The zero-order valence-electron chi connectivity index (χ0n) is 13.6. The van der Waals surface area contributed by atoms with Crippen molar-refractivity contribution in [2.24, 2.45) is 0 Å². The summed E-state index contributed by atoms with van der Waals surface area (Å²) in [6.45, 7) is 0.982. The van der Waals surface area contributed by atoms with Gasteiger partial charge in [0.25, 0.3) is 0 Å². The summed E-state index contributed by atoms with van der Waals surface area (Å²) in [7, 11) is 4.23. The third-order valence-electron chi connectivity index (χ3n) is 4.94. The van der Waals surface area contributed by atoms with Gasteiger partial charge in [-0.15, -0.1) is 0 Å². The molecule has 1 aliphatic heterocycles. The fourth-order valence-corrected chi connectivity index (χ4v) is 4.23. The van der Waals surface area contributed by atoms with Crippen LogP contribution in [0.25, 0.3) is 0 Å². The van der Waals surface area contributed by atoms with Crippen molar-refractivity contribution in [2.45, 2.75) is 50.0 Å². The zero-order valence-corrected chi connectivity index (χ0v) is 15.2. The number of halogens is 1. The molecule has 1 saturated carbocycles. The smallest absolute Gasteiger partial charge is 0.124 e. The Morgan fingerprint density at radius 1 is 1.23 bits per heavy atom. The molecule has 2 aliphatic rings. The first-order valence-corrected chi connectivity index (χ1v) is 9.20. The summed E-state index contributed by atoms with van der Waals surface area (Å²) in [4.78, 5) is 2.20. The van der Waals surface area contributed by atoms with E-state index in [2.05, 4.69) is 65.3 Å². The van der Waals surface area contributed by atoms with Crippen molar-refractivity contribution < 1.29 is 4.74 Å². The molecule has 0 amide bonds. The van der Waals surface area contributed by atoms with Gasteiger partial charge in [0, 0.05) is 22.5 Å². The van der Waals surface area contributed by atoms with Crippen molar-refractivity contribution in [1.29, 1.82) is 0 Å². The van der Waals surface area contributed by atoms with Crippen LogP contribution >= 0.6 is 15.9 Å². The van der Waals surface area contributed by atoms with Crippen molar-refractivity contribution in [3.8, 4) is 5.75 Å². The van der Waals surface area contributed by atoms with Crippen molar-refractivity contribution in [1.82, 2.24) is 4.90 Å². The highest BCUT2D eigenvalue weighted by atomic mass is 79.9. The summed E-state index contributed by atoms with van der Waals surface area (Å²) in [5, 5.41) is 0. The van der Waals surface area contributed by atoms with Crippen LogP contribution in [0.2, 0.25) is 0 Å². The summed E-state index contributed by atoms with van der Waals surface area (Å²) in [6, 6.07) is 6.47. The molecule has 22 heavy (non-hydrogen) atoms. The summed E-state index contributed by atoms with van der Waals surface area (Å²) in [5.74, 6) is 1.47. The van der Waals surface area contributed by atoms with Crippen molar-refractivity contribution in [2.75, 3.05) is 20.6 Å². The number of benzene rings is 1. The highest BCUT2D eigenvalue weighted by Crippen LogP contribution is 2.52. The van der Waals surface area contributed by atoms with Gasteiger partial charge in [-0.25, -0.2) is 0 Å². The van der Waals surface area contributed by atoms with Gasteiger partial charge in [-0.1, -0.05) is 40.9 Å². The minimum Gasteiger partial charge on any atom is -0.486 e. The zero-order chi connectivity index (χ0) is 15.6. The minimum atomic E-state index is -0.0115. The first kappa shape index (κ1) is 16.1. The molecule has 2 nitrogen and oxygen atoms in total. The van der Waals surface area contributed by atoms with Gasteiger partial charge in [0.1, 0.15) is 11.4 Å². The Hall–Kier alpha value is -0.800. The van der Waals surface area contributed by atoms with Crippen LogP contribution in [0, 0.1) is 0 Å². The molecule has 1 aliphatic carbocycles. The van der Waals surface area contributed by atoms with Gasteiger partial charge in [-0.3, -0.25) is 0 Å². The number of fused-ring (bicyclic) bond motifs is 1. The van der Waals surface area contributed by atoms with Crippen molar-refractivity contribution in [3.63, 3.8) is 0 Å². The second kappa shape index (κ2) is 6.76. The van der Waals surface area contributed by atoms with E-state index in [0.717, 1.165) is 16.8 Å². The molecule has 1 unspecified atom stereocenters. The largest absolute Gasteiger partial charge is 0.486 e. The van der Waals surface area contributed by atoms with Crippen LogP contribution in [-0.4, -0.2) is 31.1 Å². The van der Waals surface area contributed by atoms with E-state index in [1.807, 2.05) is 0 Å². The lowest BCUT2D eigenvalue weighted by Gasteiger charge is -2.32. The molecule has 1 heterocycles. The van der Waals surface area contributed by atoms with Crippen LogP contribution in [0.3, 0.4) is 0 Å². The highest BCUT2D eigenvalue weighted by Gasteiger charge is 2.46. The average Bonchev–Trinajstić information content (AvgIpc) is 2.62. The summed E-state index contributed by atoms with van der Waals surface area (Å²) in [5.41, 5.74) is 1.34. The summed E-state index contributed by atoms with van der Waals surface area (Å²) in [6.07, 6.45) is 12.3. The van der Waals surface area contributed by atoms with Crippen LogP contribution in [0.4, 0.5) is 0 Å². The second-order valence-electron chi connectivity index (χ2n) is 6.93. The van der Waals surface area contributed by atoms with Gasteiger partial charge in [-0.2, -0.15) is 0 Å². The Labute approximate surface area is 142 Å². The Balaban J connectivity index is 1.94. The van der Waals surface area contributed by atoms with Crippen LogP contribution in [0.1, 0.15) is 50.0 Å². The predicted molar refractivity (Wildman–Crippen MR) is 95.6 cm³/mol. The molecular formula is C19H26BrNO. The van der Waals surface area contributed by atoms with E-state index < -0.39 is 0 Å². The maximum atomic E-state index is 6.55. The lowest BCUT2D eigenvalue weighted by atomic mass is 9.79. The molecule has 0 bridgehead atoms. The first-order chi connectivity index (χ1) is 10.6. The number of nitrogens with zero attached hydrogens (tertiary/aromatic N) is 1. The normalized spacial score (nSPS) is 23.7. The summed E-state index contributed by atoms with van der Waals surface area (Å²) < 4.78 is 7.70. The lowest BCUT2D eigenvalue weighted by molar-refractivity contribution is 0.0640. The van der Waals surface area contributed by atoms with Gasteiger partial charge >= 0.3 is 0 Å². The Kier molecular flexibility index (Phi) is 4.94. The lowest BCUT2D eigenvalue weighted by Crippen LogP contribution is -2.36. The quantitative estimate of drug-likeness (QED) is 0.689. The van der Waals surface area contributed by atoms with Gasteiger partial charge in [0.2, 0.25) is 0 Å². The Morgan fingerprint density at radius 2 is 1.95 bits per heavy atom. The molecule has 0 radical (unpaired) electrons. The molecule has 3 heteroatoms. The number of hydrogen-bond acceptors (Lipinski definition) is 2. The van der Waals surface area contributed by atoms with Gasteiger partial charge in [-0.05, 0) is 58.0 Å². The maximum Gasteiger partial charge on any atom is 0.124 e. The van der Waals surface area contributed by atoms with E-state index in [0.29, 0.717) is 5.92 Å². The molecule has 1 aromatic carbocycles. The SMILES string of the molecule is CN(C)CC=CC1c2cc(Br)ccc2OC12CCCCCC2. The molecule has 1 aromatic rings. The Morgan fingerprint density at radius 3 is 2.64 bits per heavy atom. The fourth-order valence-electron chi connectivity index (χ4n) is 3.85. The van der Waals surface area contributed by atoms with E-state index in [-0.39, 0.29) is 5.60 Å². The van der Waals surface area contributed by atoms with Gasteiger partial charge < -0.3 is 9.64 Å². The molecule has 1 spiro atoms. The molecule has 1 fully saturated rings. The van der Waals surface area contributed by atoms with E-state index in [1.165, 1.54) is 44.1 Å².